The lowest BCUT2D eigenvalue weighted by atomic mass is 10.1. The minimum Gasteiger partial charge on any atom is -0.373 e. The molecule has 0 spiro atoms. The molecule has 1 aromatic rings. The fraction of sp³-hybridized carbons (Fsp3) is 0.818. The Morgan fingerprint density at radius 2 is 2.12 bits per heavy atom. The van der Waals surface area contributed by atoms with Crippen LogP contribution in [-0.4, -0.2) is 23.3 Å². The van der Waals surface area contributed by atoms with Crippen molar-refractivity contribution >= 4 is 0 Å². The highest BCUT2D eigenvalue weighted by Crippen LogP contribution is 2.17. The largest absolute Gasteiger partial charge is 0.373 e. The van der Waals surface area contributed by atoms with Crippen molar-refractivity contribution in [1.29, 1.82) is 0 Å². The van der Waals surface area contributed by atoms with Gasteiger partial charge in [0, 0.05) is 6.61 Å². The number of hydrogen-bond donors (Lipinski definition) is 1. The molecule has 5 nitrogen and oxygen atoms in total. The summed E-state index contributed by atoms with van der Waals surface area (Å²) in [6, 6.07) is 0. The van der Waals surface area contributed by atoms with E-state index in [1.807, 2.05) is 20.8 Å². The third kappa shape index (κ3) is 3.57. The second-order valence-electron chi connectivity index (χ2n) is 4.22. The molecule has 1 heterocycles. The van der Waals surface area contributed by atoms with E-state index in [0.717, 1.165) is 19.6 Å². The highest BCUT2D eigenvalue weighted by atomic mass is 16.5. The summed E-state index contributed by atoms with van der Waals surface area (Å²) in [5, 5.41) is 7.17. The molecule has 1 N–H and O–H groups in total. The average Bonchev–Trinajstić information content (AvgIpc) is 2.67. The highest BCUT2D eigenvalue weighted by Gasteiger charge is 2.26. The summed E-state index contributed by atoms with van der Waals surface area (Å²) in [4.78, 5) is 4.31. The second kappa shape index (κ2) is 5.96. The summed E-state index contributed by atoms with van der Waals surface area (Å²) in [7, 11) is 0. The Morgan fingerprint density at radius 3 is 2.75 bits per heavy atom. The van der Waals surface area contributed by atoms with Gasteiger partial charge < -0.3 is 14.6 Å². The molecule has 5 heteroatoms. The van der Waals surface area contributed by atoms with Crippen LogP contribution in [0.3, 0.4) is 0 Å². The van der Waals surface area contributed by atoms with Crippen molar-refractivity contribution in [3.8, 4) is 0 Å². The molecule has 0 atom stereocenters. The van der Waals surface area contributed by atoms with Crippen LogP contribution >= 0.6 is 0 Å². The van der Waals surface area contributed by atoms with Gasteiger partial charge in [0.1, 0.15) is 6.61 Å². The van der Waals surface area contributed by atoms with Crippen LogP contribution in [0.5, 0.6) is 0 Å². The van der Waals surface area contributed by atoms with Crippen molar-refractivity contribution < 1.29 is 9.26 Å². The molecular formula is C11H21N3O2. The summed E-state index contributed by atoms with van der Waals surface area (Å²) >= 11 is 0. The molecule has 0 bridgehead atoms. The molecular weight excluding hydrogens is 206 g/mol. The van der Waals surface area contributed by atoms with Crippen LogP contribution in [0, 0.1) is 0 Å². The van der Waals surface area contributed by atoms with Gasteiger partial charge in [0.2, 0.25) is 5.89 Å². The molecule has 0 aliphatic carbocycles. The first-order chi connectivity index (χ1) is 7.60. The van der Waals surface area contributed by atoms with Crippen LogP contribution in [0.15, 0.2) is 4.52 Å². The average molecular weight is 227 g/mol. The van der Waals surface area contributed by atoms with Gasteiger partial charge in [-0.3, -0.25) is 0 Å². The summed E-state index contributed by atoms with van der Waals surface area (Å²) in [6.07, 6.45) is 0.994. The Bertz CT molecular complexity index is 310. The van der Waals surface area contributed by atoms with E-state index in [1.165, 1.54) is 0 Å². The third-order valence-corrected chi connectivity index (χ3v) is 2.20. The fourth-order valence-electron chi connectivity index (χ4n) is 1.39. The van der Waals surface area contributed by atoms with E-state index >= 15 is 0 Å². The summed E-state index contributed by atoms with van der Waals surface area (Å²) < 4.78 is 10.6. The fourth-order valence-corrected chi connectivity index (χ4v) is 1.39. The zero-order chi connectivity index (χ0) is 12.0. The SMILES string of the molecule is CCCOCc1noc(C(C)(C)NCC)n1. The smallest absolute Gasteiger partial charge is 0.246 e. The molecule has 0 saturated heterocycles. The van der Waals surface area contributed by atoms with E-state index in [4.69, 9.17) is 9.26 Å². The first kappa shape index (κ1) is 13.1. The lowest BCUT2D eigenvalue weighted by Gasteiger charge is -2.20. The molecule has 0 amide bonds. The number of aromatic nitrogens is 2. The molecule has 16 heavy (non-hydrogen) atoms. The molecule has 0 fully saturated rings. The van der Waals surface area contributed by atoms with E-state index in [9.17, 15) is 0 Å². The quantitative estimate of drug-likeness (QED) is 0.720. The third-order valence-electron chi connectivity index (χ3n) is 2.20. The van der Waals surface area contributed by atoms with E-state index in [-0.39, 0.29) is 5.54 Å². The topological polar surface area (TPSA) is 60.2 Å². The van der Waals surface area contributed by atoms with Crippen LogP contribution in [0.4, 0.5) is 0 Å². The van der Waals surface area contributed by atoms with Crippen LogP contribution in [0.1, 0.15) is 45.8 Å². The molecule has 0 aliphatic rings. The molecule has 0 aromatic carbocycles. The zero-order valence-electron chi connectivity index (χ0n) is 10.5. The predicted octanol–water partition coefficient (Wildman–Crippen LogP) is 1.84. The van der Waals surface area contributed by atoms with Gasteiger partial charge >= 0.3 is 0 Å². The summed E-state index contributed by atoms with van der Waals surface area (Å²) in [6.45, 7) is 10.1. The van der Waals surface area contributed by atoms with Crippen molar-refractivity contribution in [3.63, 3.8) is 0 Å². The molecule has 0 radical (unpaired) electrons. The van der Waals surface area contributed by atoms with Gasteiger partial charge in [-0.2, -0.15) is 4.98 Å². The number of ether oxygens (including phenoxy) is 1. The maximum atomic E-state index is 5.35. The van der Waals surface area contributed by atoms with Gasteiger partial charge in [-0.05, 0) is 26.8 Å². The molecule has 92 valence electrons. The van der Waals surface area contributed by atoms with Gasteiger partial charge in [0.15, 0.2) is 5.82 Å². The van der Waals surface area contributed by atoms with Crippen molar-refractivity contribution in [2.45, 2.75) is 46.3 Å². The maximum Gasteiger partial charge on any atom is 0.246 e. The second-order valence-corrected chi connectivity index (χ2v) is 4.22. The lowest BCUT2D eigenvalue weighted by molar-refractivity contribution is 0.114. The van der Waals surface area contributed by atoms with Crippen LogP contribution in [-0.2, 0) is 16.9 Å². The van der Waals surface area contributed by atoms with E-state index in [0.29, 0.717) is 18.3 Å². The van der Waals surface area contributed by atoms with Gasteiger partial charge in [-0.15, -0.1) is 0 Å². The molecule has 1 aromatic heterocycles. The molecule has 0 unspecified atom stereocenters. The monoisotopic (exact) mass is 227 g/mol. The van der Waals surface area contributed by atoms with Gasteiger partial charge in [0.25, 0.3) is 0 Å². The van der Waals surface area contributed by atoms with Gasteiger partial charge in [-0.25, -0.2) is 0 Å². The summed E-state index contributed by atoms with van der Waals surface area (Å²) in [5.74, 6) is 1.21. The molecule has 0 aliphatic heterocycles. The van der Waals surface area contributed by atoms with Gasteiger partial charge in [-0.1, -0.05) is 19.0 Å². The number of nitrogens with one attached hydrogen (secondary N) is 1. The van der Waals surface area contributed by atoms with Crippen LogP contribution in [0.25, 0.3) is 0 Å². The van der Waals surface area contributed by atoms with Crippen molar-refractivity contribution in [3.05, 3.63) is 11.7 Å². The molecule has 0 saturated carbocycles. The Labute approximate surface area is 96.6 Å². The van der Waals surface area contributed by atoms with E-state index in [2.05, 4.69) is 22.4 Å². The van der Waals surface area contributed by atoms with Crippen molar-refractivity contribution in [2.24, 2.45) is 0 Å². The minimum absolute atomic E-state index is 0.287. The Balaban J connectivity index is 2.56. The lowest BCUT2D eigenvalue weighted by Crippen LogP contribution is -2.36. The predicted molar refractivity (Wildman–Crippen MR) is 60.9 cm³/mol. The number of hydrogen-bond acceptors (Lipinski definition) is 5. The Hall–Kier alpha value is -0.940. The zero-order valence-corrected chi connectivity index (χ0v) is 10.5. The van der Waals surface area contributed by atoms with E-state index in [1.54, 1.807) is 0 Å². The highest BCUT2D eigenvalue weighted by molar-refractivity contribution is 4.98. The van der Waals surface area contributed by atoms with Crippen molar-refractivity contribution in [1.82, 2.24) is 15.5 Å². The minimum atomic E-state index is -0.287. The first-order valence-electron chi connectivity index (χ1n) is 5.76. The normalized spacial score (nSPS) is 12.0. The first-order valence-corrected chi connectivity index (χ1v) is 5.76. The van der Waals surface area contributed by atoms with Crippen molar-refractivity contribution in [2.75, 3.05) is 13.2 Å². The van der Waals surface area contributed by atoms with E-state index < -0.39 is 0 Å². The Kier molecular flexibility index (Phi) is 4.89. The molecule has 1 rings (SSSR count). The van der Waals surface area contributed by atoms with Crippen LogP contribution in [0.2, 0.25) is 0 Å². The Morgan fingerprint density at radius 1 is 1.38 bits per heavy atom. The maximum absolute atomic E-state index is 5.35. The number of nitrogens with zero attached hydrogens (tertiary/aromatic N) is 2. The summed E-state index contributed by atoms with van der Waals surface area (Å²) in [5.41, 5.74) is -0.287. The standard InChI is InChI=1S/C11H21N3O2/c1-5-7-15-8-9-13-10(16-14-9)11(3,4)12-6-2/h12H,5-8H2,1-4H3. The van der Waals surface area contributed by atoms with Crippen LogP contribution < -0.4 is 5.32 Å². The number of rotatable bonds is 7. The van der Waals surface area contributed by atoms with Gasteiger partial charge in [0.05, 0.1) is 5.54 Å².